The fourth-order valence-electron chi connectivity index (χ4n) is 3.08. The Balaban J connectivity index is 1.84. The minimum atomic E-state index is -4.09. The van der Waals surface area contributed by atoms with Gasteiger partial charge in [-0.2, -0.15) is 4.72 Å². The number of aromatic nitrogens is 1. The second kappa shape index (κ2) is 8.61. The Morgan fingerprint density at radius 1 is 1.20 bits per heavy atom. The summed E-state index contributed by atoms with van der Waals surface area (Å²) < 4.78 is 33.5. The summed E-state index contributed by atoms with van der Waals surface area (Å²) in [6.07, 6.45) is 1.67. The lowest BCUT2D eigenvalue weighted by Crippen LogP contribution is -2.53. The van der Waals surface area contributed by atoms with E-state index in [1.165, 1.54) is 31.2 Å². The van der Waals surface area contributed by atoms with E-state index in [4.69, 9.17) is 4.74 Å². The molecule has 0 fully saturated rings. The molecule has 1 aromatic heterocycles. The summed E-state index contributed by atoms with van der Waals surface area (Å²) in [4.78, 5) is 15.0. The highest BCUT2D eigenvalue weighted by molar-refractivity contribution is 7.89. The fourth-order valence-corrected chi connectivity index (χ4v) is 4.44. The van der Waals surface area contributed by atoms with Crippen molar-refractivity contribution in [2.75, 3.05) is 6.61 Å². The van der Waals surface area contributed by atoms with Crippen LogP contribution < -0.4 is 9.46 Å². The second-order valence-electron chi connectivity index (χ2n) is 6.97. The molecule has 0 bridgehead atoms. The Morgan fingerprint density at radius 3 is 2.57 bits per heavy atom. The van der Waals surface area contributed by atoms with E-state index in [2.05, 4.69) is 21.5 Å². The average Bonchev–Trinajstić information content (AvgIpc) is 3.11. The van der Waals surface area contributed by atoms with Gasteiger partial charge in [-0.15, -0.1) is 5.92 Å². The molecule has 0 saturated heterocycles. The van der Waals surface area contributed by atoms with Crippen LogP contribution in [0.2, 0.25) is 0 Å². The summed E-state index contributed by atoms with van der Waals surface area (Å²) in [5.74, 6) is 4.65. The number of benzene rings is 2. The molecule has 2 aromatic carbocycles. The van der Waals surface area contributed by atoms with E-state index in [1.807, 2.05) is 24.3 Å². The van der Waals surface area contributed by atoms with Gasteiger partial charge in [0.15, 0.2) is 0 Å². The molecule has 30 heavy (non-hydrogen) atoms. The lowest BCUT2D eigenvalue weighted by Gasteiger charge is -2.26. The number of fused-ring (bicyclic) bond motifs is 1. The number of hydrogen-bond acceptors (Lipinski definition) is 4. The molecule has 7 nitrogen and oxygen atoms in total. The number of carbonyl (C=O) groups is 1. The quantitative estimate of drug-likeness (QED) is 0.480. The van der Waals surface area contributed by atoms with E-state index < -0.39 is 21.5 Å². The molecule has 0 radical (unpaired) electrons. The number of aromatic amines is 1. The highest BCUT2D eigenvalue weighted by Gasteiger charge is 2.38. The van der Waals surface area contributed by atoms with Crippen LogP contribution in [0.1, 0.15) is 19.4 Å². The van der Waals surface area contributed by atoms with E-state index in [-0.39, 0.29) is 17.9 Å². The Kier molecular flexibility index (Phi) is 6.15. The molecule has 1 atom stereocenters. The first kappa shape index (κ1) is 21.4. The number of aliphatic carboxylic acids is 1. The number of nitrogens with one attached hydrogen (secondary N) is 2. The van der Waals surface area contributed by atoms with Crippen LogP contribution in [0.5, 0.6) is 5.75 Å². The molecule has 1 unspecified atom stereocenters. The maximum absolute atomic E-state index is 12.9. The molecule has 156 valence electrons. The van der Waals surface area contributed by atoms with Crippen molar-refractivity contribution < 1.29 is 23.1 Å². The van der Waals surface area contributed by atoms with E-state index >= 15 is 0 Å². The first-order valence-corrected chi connectivity index (χ1v) is 10.7. The molecule has 0 aliphatic rings. The molecular formula is C22H22N2O5S. The van der Waals surface area contributed by atoms with E-state index in [9.17, 15) is 18.3 Å². The Hall–Kier alpha value is -3.28. The lowest BCUT2D eigenvalue weighted by atomic mass is 9.94. The first-order chi connectivity index (χ1) is 14.2. The Morgan fingerprint density at radius 2 is 1.90 bits per heavy atom. The van der Waals surface area contributed by atoms with Crippen molar-refractivity contribution in [2.24, 2.45) is 0 Å². The monoisotopic (exact) mass is 426 g/mol. The normalized spacial score (nSPS) is 13.3. The predicted octanol–water partition coefficient (Wildman–Crippen LogP) is 2.93. The third-order valence-electron chi connectivity index (χ3n) is 4.67. The van der Waals surface area contributed by atoms with Crippen LogP contribution in [0.15, 0.2) is 59.6 Å². The topological polar surface area (TPSA) is 108 Å². The second-order valence-corrected chi connectivity index (χ2v) is 8.65. The smallest absolute Gasteiger partial charge is 0.324 e. The van der Waals surface area contributed by atoms with Crippen molar-refractivity contribution >= 4 is 26.9 Å². The van der Waals surface area contributed by atoms with Crippen LogP contribution in [-0.4, -0.2) is 36.6 Å². The molecule has 1 heterocycles. The molecule has 0 amide bonds. The van der Waals surface area contributed by atoms with Crippen LogP contribution in [0.25, 0.3) is 10.9 Å². The highest BCUT2D eigenvalue weighted by Crippen LogP contribution is 2.25. The molecule has 0 aliphatic heterocycles. The number of ether oxygens (including phenoxy) is 1. The van der Waals surface area contributed by atoms with Gasteiger partial charge >= 0.3 is 5.97 Å². The van der Waals surface area contributed by atoms with E-state index in [0.29, 0.717) is 11.3 Å². The summed E-state index contributed by atoms with van der Waals surface area (Å²) in [5, 5.41) is 10.7. The number of H-pyrrole nitrogens is 1. The van der Waals surface area contributed by atoms with Crippen molar-refractivity contribution in [1.82, 2.24) is 9.71 Å². The van der Waals surface area contributed by atoms with Gasteiger partial charge in [0.05, 0.1) is 4.90 Å². The van der Waals surface area contributed by atoms with Crippen LogP contribution in [-0.2, 0) is 21.2 Å². The summed E-state index contributed by atoms with van der Waals surface area (Å²) in [6.45, 7) is 3.25. The molecular weight excluding hydrogens is 404 g/mol. The minimum absolute atomic E-state index is 0.0253. The van der Waals surface area contributed by atoms with Crippen molar-refractivity contribution in [3.8, 4) is 17.6 Å². The zero-order valence-electron chi connectivity index (χ0n) is 16.6. The Bertz CT molecular complexity index is 1220. The fraction of sp³-hybridized carbons (Fsp3) is 0.227. The van der Waals surface area contributed by atoms with Crippen LogP contribution >= 0.6 is 0 Å². The minimum Gasteiger partial charge on any atom is -0.481 e. The highest BCUT2D eigenvalue weighted by atomic mass is 32.2. The third-order valence-corrected chi connectivity index (χ3v) is 6.28. The maximum atomic E-state index is 12.9. The van der Waals surface area contributed by atoms with E-state index in [0.717, 1.165) is 10.9 Å². The number of rotatable bonds is 8. The predicted molar refractivity (Wildman–Crippen MR) is 114 cm³/mol. The SMILES string of the molecule is CC#CCOc1ccc(S(=O)(=O)NC(C)(Cc2c[nH]c3ccccc23)C(=O)O)cc1. The third kappa shape index (κ3) is 4.64. The van der Waals surface area contributed by atoms with Gasteiger partial charge < -0.3 is 14.8 Å². The van der Waals surface area contributed by atoms with Gasteiger partial charge in [0, 0.05) is 23.5 Å². The largest absolute Gasteiger partial charge is 0.481 e. The average molecular weight is 426 g/mol. The summed E-state index contributed by atoms with van der Waals surface area (Å²) in [7, 11) is -4.09. The van der Waals surface area contributed by atoms with Gasteiger partial charge in [-0.3, -0.25) is 4.79 Å². The van der Waals surface area contributed by atoms with Crippen molar-refractivity contribution in [3.63, 3.8) is 0 Å². The molecule has 3 N–H and O–H groups in total. The van der Waals surface area contributed by atoms with Crippen LogP contribution in [0.3, 0.4) is 0 Å². The van der Waals surface area contributed by atoms with Gasteiger partial charge in [0.2, 0.25) is 10.0 Å². The van der Waals surface area contributed by atoms with Gasteiger partial charge in [0.1, 0.15) is 17.9 Å². The Labute approximate surface area is 175 Å². The molecule has 0 saturated carbocycles. The summed E-state index contributed by atoms with van der Waals surface area (Å²) >= 11 is 0. The summed E-state index contributed by atoms with van der Waals surface area (Å²) in [5.41, 5.74) is -0.180. The number of sulfonamides is 1. The molecule has 0 spiro atoms. The van der Waals surface area contributed by atoms with Crippen LogP contribution in [0.4, 0.5) is 0 Å². The number of para-hydroxylation sites is 1. The maximum Gasteiger partial charge on any atom is 0.324 e. The van der Waals surface area contributed by atoms with E-state index in [1.54, 1.807) is 13.1 Å². The van der Waals surface area contributed by atoms with Gasteiger partial charge in [-0.05, 0) is 49.7 Å². The zero-order chi connectivity index (χ0) is 21.8. The van der Waals surface area contributed by atoms with Crippen molar-refractivity contribution in [3.05, 3.63) is 60.3 Å². The first-order valence-electron chi connectivity index (χ1n) is 9.20. The number of carboxylic acid groups (broad SMARTS) is 1. The van der Waals surface area contributed by atoms with Crippen LogP contribution in [0, 0.1) is 11.8 Å². The molecule has 3 rings (SSSR count). The lowest BCUT2D eigenvalue weighted by molar-refractivity contribution is -0.143. The van der Waals surface area contributed by atoms with Gasteiger partial charge in [0.25, 0.3) is 0 Å². The molecule has 8 heteroatoms. The van der Waals surface area contributed by atoms with Gasteiger partial charge in [-0.25, -0.2) is 8.42 Å². The number of carboxylic acids is 1. The zero-order valence-corrected chi connectivity index (χ0v) is 17.4. The van der Waals surface area contributed by atoms with Crippen molar-refractivity contribution in [2.45, 2.75) is 30.7 Å². The molecule has 0 aliphatic carbocycles. The molecule has 3 aromatic rings. The standard InChI is InChI=1S/C22H22N2O5S/c1-3-4-13-29-17-9-11-18(12-10-17)30(27,28)24-22(2,21(25)26)14-16-15-23-20-8-6-5-7-19(16)20/h5-12,15,23-24H,13-14H2,1-2H3,(H,25,26). The van der Waals surface area contributed by atoms with Crippen molar-refractivity contribution in [1.29, 1.82) is 0 Å². The summed E-state index contributed by atoms with van der Waals surface area (Å²) in [6, 6.07) is 13.2. The van der Waals surface area contributed by atoms with Gasteiger partial charge in [-0.1, -0.05) is 24.1 Å². The number of hydrogen-bond donors (Lipinski definition) is 3.